The fourth-order valence-electron chi connectivity index (χ4n) is 0.914. The van der Waals surface area contributed by atoms with E-state index < -0.39 is 0 Å². The predicted molar refractivity (Wildman–Crippen MR) is 48.5 cm³/mol. The zero-order chi connectivity index (χ0) is 8.36. The van der Waals surface area contributed by atoms with Crippen LogP contribution in [0.3, 0.4) is 0 Å². The van der Waals surface area contributed by atoms with E-state index in [4.69, 9.17) is 0 Å². The van der Waals surface area contributed by atoms with Crippen molar-refractivity contribution in [3.63, 3.8) is 0 Å². The van der Waals surface area contributed by atoms with E-state index >= 15 is 0 Å². The van der Waals surface area contributed by atoms with Crippen LogP contribution in [-0.2, 0) is 0 Å². The second kappa shape index (κ2) is 9.67. The van der Waals surface area contributed by atoms with Crippen LogP contribution in [0.5, 0.6) is 0 Å². The van der Waals surface area contributed by atoms with Gasteiger partial charge in [-0.2, -0.15) is 0 Å². The molecule has 66 valence electrons. The maximum absolute atomic E-state index is 11.6. The van der Waals surface area contributed by atoms with E-state index in [1.54, 1.807) is 0 Å². The van der Waals surface area contributed by atoms with Crippen LogP contribution in [0.1, 0.15) is 45.4 Å². The van der Waals surface area contributed by atoms with Gasteiger partial charge in [-0.25, -0.2) is 0 Å². The molecule has 0 heterocycles. The smallest absolute Gasteiger partial charge is 0.0894 e. The molecule has 0 aliphatic heterocycles. The molecule has 0 N–H and O–H groups in total. The summed E-state index contributed by atoms with van der Waals surface area (Å²) in [5, 5.41) is 0. The number of halogens is 1. The van der Waals surface area contributed by atoms with Crippen LogP contribution in [-0.4, -0.2) is 6.67 Å². The van der Waals surface area contributed by atoms with Crippen molar-refractivity contribution in [2.75, 3.05) is 6.67 Å². The molecule has 0 aromatic heterocycles. The Morgan fingerprint density at radius 1 is 1.00 bits per heavy atom. The van der Waals surface area contributed by atoms with Gasteiger partial charge in [0.2, 0.25) is 0 Å². The molecule has 0 saturated heterocycles. The van der Waals surface area contributed by atoms with Gasteiger partial charge in [0.25, 0.3) is 0 Å². The third-order valence-corrected chi connectivity index (χ3v) is 1.65. The van der Waals surface area contributed by atoms with Gasteiger partial charge in [-0.05, 0) is 25.7 Å². The first-order valence-electron chi connectivity index (χ1n) is 4.62. The highest BCUT2D eigenvalue weighted by Crippen LogP contribution is 2.00. The normalized spacial score (nSPS) is 11.1. The molecular formula is C10H19F. The van der Waals surface area contributed by atoms with Crippen LogP contribution in [0.2, 0.25) is 0 Å². The van der Waals surface area contributed by atoms with Crippen molar-refractivity contribution < 1.29 is 4.39 Å². The Morgan fingerprint density at radius 3 is 2.18 bits per heavy atom. The zero-order valence-corrected chi connectivity index (χ0v) is 7.48. The number of unbranched alkanes of at least 4 members (excludes halogenated alkanes) is 4. The Labute approximate surface area is 69.5 Å². The molecule has 0 bridgehead atoms. The lowest BCUT2D eigenvalue weighted by Gasteiger charge is -1.90. The summed E-state index contributed by atoms with van der Waals surface area (Å²) in [4.78, 5) is 0. The van der Waals surface area contributed by atoms with E-state index in [1.165, 1.54) is 19.3 Å². The van der Waals surface area contributed by atoms with E-state index in [9.17, 15) is 4.39 Å². The third kappa shape index (κ3) is 9.67. The summed E-state index contributed by atoms with van der Waals surface area (Å²) in [6, 6.07) is 0. The average Bonchev–Trinajstić information content (AvgIpc) is 2.03. The van der Waals surface area contributed by atoms with Gasteiger partial charge in [0.05, 0.1) is 6.67 Å². The number of alkyl halides is 1. The molecule has 0 unspecified atom stereocenters. The molecular weight excluding hydrogens is 139 g/mol. The fourth-order valence-corrected chi connectivity index (χ4v) is 0.914. The Hall–Kier alpha value is -0.330. The van der Waals surface area contributed by atoms with Crippen molar-refractivity contribution in [1.82, 2.24) is 0 Å². The number of hydrogen-bond donors (Lipinski definition) is 0. The van der Waals surface area contributed by atoms with E-state index in [2.05, 4.69) is 19.1 Å². The lowest BCUT2D eigenvalue weighted by Crippen LogP contribution is -1.75. The van der Waals surface area contributed by atoms with Crippen LogP contribution >= 0.6 is 0 Å². The van der Waals surface area contributed by atoms with Gasteiger partial charge in [0.15, 0.2) is 0 Å². The Morgan fingerprint density at radius 2 is 1.64 bits per heavy atom. The molecule has 1 heteroatoms. The van der Waals surface area contributed by atoms with Crippen LogP contribution in [0.25, 0.3) is 0 Å². The molecule has 0 aromatic rings. The summed E-state index contributed by atoms with van der Waals surface area (Å²) in [5.41, 5.74) is 0. The highest BCUT2D eigenvalue weighted by atomic mass is 19.1. The summed E-state index contributed by atoms with van der Waals surface area (Å²) in [6.45, 7) is 2.03. The minimum atomic E-state index is -0.164. The standard InChI is InChI=1S/C10H19F/c1-2-3-4-5-6-7-8-9-10-11/h5-6H,2-4,7-10H2,1H3. The average molecular weight is 158 g/mol. The lowest BCUT2D eigenvalue weighted by atomic mass is 10.2. The first-order chi connectivity index (χ1) is 5.41. The molecule has 0 rings (SSSR count). The topological polar surface area (TPSA) is 0 Å². The van der Waals surface area contributed by atoms with E-state index in [0.29, 0.717) is 0 Å². The number of allylic oxidation sites excluding steroid dienone is 2. The van der Waals surface area contributed by atoms with Crippen molar-refractivity contribution in [2.45, 2.75) is 45.4 Å². The zero-order valence-electron chi connectivity index (χ0n) is 7.48. The van der Waals surface area contributed by atoms with Gasteiger partial charge in [-0.15, -0.1) is 0 Å². The number of hydrogen-bond acceptors (Lipinski definition) is 0. The number of rotatable bonds is 7. The van der Waals surface area contributed by atoms with Crippen molar-refractivity contribution in [1.29, 1.82) is 0 Å². The van der Waals surface area contributed by atoms with Crippen LogP contribution < -0.4 is 0 Å². The van der Waals surface area contributed by atoms with Gasteiger partial charge < -0.3 is 0 Å². The molecule has 0 aliphatic carbocycles. The minimum Gasteiger partial charge on any atom is -0.251 e. The summed E-state index contributed by atoms with van der Waals surface area (Å²) in [7, 11) is 0. The van der Waals surface area contributed by atoms with Crippen molar-refractivity contribution in [2.24, 2.45) is 0 Å². The Balaban J connectivity index is 2.91. The second-order valence-electron chi connectivity index (χ2n) is 2.80. The van der Waals surface area contributed by atoms with Gasteiger partial charge in [0.1, 0.15) is 0 Å². The molecule has 0 nitrogen and oxygen atoms in total. The molecule has 0 aliphatic rings. The molecule has 0 radical (unpaired) electrons. The second-order valence-corrected chi connectivity index (χ2v) is 2.80. The van der Waals surface area contributed by atoms with Gasteiger partial charge >= 0.3 is 0 Å². The molecule has 0 saturated carbocycles. The molecule has 0 amide bonds. The molecule has 0 aromatic carbocycles. The quantitative estimate of drug-likeness (QED) is 0.389. The first-order valence-corrected chi connectivity index (χ1v) is 4.62. The molecule has 0 spiro atoms. The predicted octanol–water partition coefficient (Wildman–Crippen LogP) is 3.87. The Bertz CT molecular complexity index is 86.9. The summed E-state index contributed by atoms with van der Waals surface area (Å²) >= 11 is 0. The van der Waals surface area contributed by atoms with Crippen molar-refractivity contribution in [3.8, 4) is 0 Å². The summed E-state index contributed by atoms with van der Waals surface area (Å²) < 4.78 is 11.6. The van der Waals surface area contributed by atoms with Crippen LogP contribution in [0.15, 0.2) is 12.2 Å². The third-order valence-electron chi connectivity index (χ3n) is 1.65. The maximum atomic E-state index is 11.6. The van der Waals surface area contributed by atoms with Gasteiger partial charge in [0, 0.05) is 0 Å². The lowest BCUT2D eigenvalue weighted by molar-refractivity contribution is 0.463. The SMILES string of the molecule is CCCCC=CCCCCF. The van der Waals surface area contributed by atoms with E-state index in [-0.39, 0.29) is 6.67 Å². The molecule has 11 heavy (non-hydrogen) atoms. The highest BCUT2D eigenvalue weighted by molar-refractivity contribution is 4.80. The minimum absolute atomic E-state index is 0.164. The van der Waals surface area contributed by atoms with Crippen molar-refractivity contribution in [3.05, 3.63) is 12.2 Å². The van der Waals surface area contributed by atoms with Gasteiger partial charge in [-0.3, -0.25) is 4.39 Å². The van der Waals surface area contributed by atoms with E-state index in [0.717, 1.165) is 19.3 Å². The largest absolute Gasteiger partial charge is 0.251 e. The highest BCUT2D eigenvalue weighted by Gasteiger charge is 1.83. The van der Waals surface area contributed by atoms with Crippen LogP contribution in [0, 0.1) is 0 Å². The van der Waals surface area contributed by atoms with Gasteiger partial charge in [-0.1, -0.05) is 31.9 Å². The van der Waals surface area contributed by atoms with Crippen LogP contribution in [0.4, 0.5) is 4.39 Å². The first kappa shape index (κ1) is 10.7. The monoisotopic (exact) mass is 158 g/mol. The van der Waals surface area contributed by atoms with Crippen molar-refractivity contribution >= 4 is 0 Å². The molecule has 0 atom stereocenters. The fraction of sp³-hybridized carbons (Fsp3) is 0.800. The Kier molecular flexibility index (Phi) is 9.38. The molecule has 0 fully saturated rings. The van der Waals surface area contributed by atoms with E-state index in [1.807, 2.05) is 0 Å². The summed E-state index contributed by atoms with van der Waals surface area (Å²) in [5.74, 6) is 0. The maximum Gasteiger partial charge on any atom is 0.0894 e. The summed E-state index contributed by atoms with van der Waals surface area (Å²) in [6.07, 6.45) is 10.9.